The van der Waals surface area contributed by atoms with E-state index in [1.165, 1.54) is 0 Å². The standard InChI is InChI=1S/C10H21NO2/c1-7(2)6-10(11,8(12)13)9(3,4)5/h7H,6,11H2,1-5H3,(H,12,13). The second kappa shape index (κ2) is 3.66. The minimum absolute atomic E-state index is 0.292. The Morgan fingerprint density at radius 2 is 1.77 bits per heavy atom. The summed E-state index contributed by atoms with van der Waals surface area (Å²) in [5.74, 6) is -0.617. The summed E-state index contributed by atoms with van der Waals surface area (Å²) in [6.45, 7) is 9.56. The Morgan fingerprint density at radius 3 is 1.85 bits per heavy atom. The van der Waals surface area contributed by atoms with Crippen LogP contribution in [0.2, 0.25) is 0 Å². The predicted molar refractivity (Wildman–Crippen MR) is 53.5 cm³/mol. The molecule has 3 nitrogen and oxygen atoms in total. The first-order valence-electron chi connectivity index (χ1n) is 4.63. The van der Waals surface area contributed by atoms with Crippen LogP contribution in [0.5, 0.6) is 0 Å². The van der Waals surface area contributed by atoms with Gasteiger partial charge in [0.05, 0.1) is 0 Å². The first-order valence-corrected chi connectivity index (χ1v) is 4.63. The molecule has 0 aliphatic heterocycles. The van der Waals surface area contributed by atoms with Crippen molar-refractivity contribution in [2.24, 2.45) is 17.1 Å². The quantitative estimate of drug-likeness (QED) is 0.709. The first kappa shape index (κ1) is 12.4. The molecule has 0 fully saturated rings. The molecule has 0 saturated carbocycles. The fraction of sp³-hybridized carbons (Fsp3) is 0.900. The molecule has 0 aromatic heterocycles. The van der Waals surface area contributed by atoms with E-state index in [0.29, 0.717) is 12.3 Å². The number of carboxylic acids is 1. The van der Waals surface area contributed by atoms with Gasteiger partial charge in [0.1, 0.15) is 5.54 Å². The third-order valence-corrected chi connectivity index (χ3v) is 2.45. The van der Waals surface area contributed by atoms with Gasteiger partial charge in [-0.3, -0.25) is 4.79 Å². The third kappa shape index (κ3) is 2.69. The minimum Gasteiger partial charge on any atom is -0.480 e. The lowest BCUT2D eigenvalue weighted by molar-refractivity contribution is -0.148. The van der Waals surface area contributed by atoms with Crippen LogP contribution < -0.4 is 5.73 Å². The molecule has 0 bridgehead atoms. The maximum absolute atomic E-state index is 11.1. The van der Waals surface area contributed by atoms with Crippen LogP contribution in [0.4, 0.5) is 0 Å². The average molecular weight is 187 g/mol. The van der Waals surface area contributed by atoms with Gasteiger partial charge in [0.25, 0.3) is 0 Å². The van der Waals surface area contributed by atoms with Gasteiger partial charge in [0.2, 0.25) is 0 Å². The van der Waals surface area contributed by atoms with E-state index in [1.54, 1.807) is 0 Å². The predicted octanol–water partition coefficient (Wildman–Crippen LogP) is 1.86. The topological polar surface area (TPSA) is 63.3 Å². The Labute approximate surface area is 80.3 Å². The normalized spacial score (nSPS) is 17.2. The smallest absolute Gasteiger partial charge is 0.324 e. The third-order valence-electron chi connectivity index (χ3n) is 2.45. The largest absolute Gasteiger partial charge is 0.480 e. The van der Waals surface area contributed by atoms with E-state index in [4.69, 9.17) is 10.8 Å². The van der Waals surface area contributed by atoms with Gasteiger partial charge in [0.15, 0.2) is 0 Å². The van der Waals surface area contributed by atoms with Gasteiger partial charge in [-0.25, -0.2) is 0 Å². The van der Waals surface area contributed by atoms with Crippen LogP contribution in [0.1, 0.15) is 41.0 Å². The Morgan fingerprint density at radius 1 is 1.38 bits per heavy atom. The molecule has 1 atom stereocenters. The van der Waals surface area contributed by atoms with E-state index < -0.39 is 16.9 Å². The number of carboxylic acid groups (broad SMARTS) is 1. The van der Waals surface area contributed by atoms with Gasteiger partial charge in [-0.05, 0) is 17.8 Å². The summed E-state index contributed by atoms with van der Waals surface area (Å²) in [7, 11) is 0. The van der Waals surface area contributed by atoms with E-state index in [-0.39, 0.29) is 0 Å². The lowest BCUT2D eigenvalue weighted by Crippen LogP contribution is -2.58. The summed E-state index contributed by atoms with van der Waals surface area (Å²) in [5, 5.41) is 9.09. The summed E-state index contributed by atoms with van der Waals surface area (Å²) in [6, 6.07) is 0. The van der Waals surface area contributed by atoms with Crippen LogP contribution in [-0.4, -0.2) is 16.6 Å². The molecule has 78 valence electrons. The molecule has 0 saturated heterocycles. The van der Waals surface area contributed by atoms with Crippen molar-refractivity contribution in [3.63, 3.8) is 0 Å². The lowest BCUT2D eigenvalue weighted by atomic mass is 9.70. The second-order valence-electron chi connectivity index (χ2n) is 5.12. The van der Waals surface area contributed by atoms with Crippen LogP contribution in [0, 0.1) is 11.3 Å². The molecule has 0 rings (SSSR count). The molecule has 0 heterocycles. The Balaban J connectivity index is 4.85. The zero-order valence-electron chi connectivity index (χ0n) is 9.22. The zero-order valence-corrected chi connectivity index (χ0v) is 9.22. The summed E-state index contributed by atoms with van der Waals surface area (Å²) < 4.78 is 0. The van der Waals surface area contributed by atoms with Crippen molar-refractivity contribution in [2.75, 3.05) is 0 Å². The Hall–Kier alpha value is -0.570. The van der Waals surface area contributed by atoms with Crippen molar-refractivity contribution in [1.82, 2.24) is 0 Å². The van der Waals surface area contributed by atoms with Crippen molar-refractivity contribution >= 4 is 5.97 Å². The van der Waals surface area contributed by atoms with Crippen LogP contribution in [0.25, 0.3) is 0 Å². The molecular formula is C10H21NO2. The molecule has 3 N–H and O–H groups in total. The van der Waals surface area contributed by atoms with Crippen molar-refractivity contribution in [1.29, 1.82) is 0 Å². The summed E-state index contributed by atoms with van der Waals surface area (Å²) in [5.41, 5.74) is 4.38. The fourth-order valence-corrected chi connectivity index (χ4v) is 1.36. The lowest BCUT2D eigenvalue weighted by Gasteiger charge is -2.38. The number of hydrogen-bond acceptors (Lipinski definition) is 2. The van der Waals surface area contributed by atoms with Crippen molar-refractivity contribution in [3.8, 4) is 0 Å². The highest BCUT2D eigenvalue weighted by Crippen LogP contribution is 2.33. The molecule has 0 spiro atoms. The fourth-order valence-electron chi connectivity index (χ4n) is 1.36. The van der Waals surface area contributed by atoms with E-state index in [1.807, 2.05) is 34.6 Å². The highest BCUT2D eigenvalue weighted by molar-refractivity contribution is 5.79. The van der Waals surface area contributed by atoms with Crippen LogP contribution in [0.3, 0.4) is 0 Å². The van der Waals surface area contributed by atoms with Crippen LogP contribution in [-0.2, 0) is 4.79 Å². The van der Waals surface area contributed by atoms with E-state index >= 15 is 0 Å². The molecule has 0 radical (unpaired) electrons. The van der Waals surface area contributed by atoms with E-state index in [9.17, 15) is 4.79 Å². The maximum atomic E-state index is 11.1. The molecule has 0 aliphatic carbocycles. The molecule has 0 aromatic carbocycles. The van der Waals surface area contributed by atoms with Gasteiger partial charge in [0, 0.05) is 0 Å². The minimum atomic E-state index is -1.12. The number of aliphatic carboxylic acids is 1. The molecule has 0 amide bonds. The second-order valence-corrected chi connectivity index (χ2v) is 5.12. The molecule has 1 unspecified atom stereocenters. The van der Waals surface area contributed by atoms with Gasteiger partial charge >= 0.3 is 5.97 Å². The molecule has 13 heavy (non-hydrogen) atoms. The number of hydrogen-bond donors (Lipinski definition) is 2. The van der Waals surface area contributed by atoms with E-state index in [0.717, 1.165) is 0 Å². The Kier molecular flexibility index (Phi) is 3.50. The monoisotopic (exact) mass is 187 g/mol. The maximum Gasteiger partial charge on any atom is 0.324 e. The van der Waals surface area contributed by atoms with Gasteiger partial charge < -0.3 is 10.8 Å². The van der Waals surface area contributed by atoms with Crippen molar-refractivity contribution < 1.29 is 9.90 Å². The average Bonchev–Trinajstić information content (AvgIpc) is 1.82. The van der Waals surface area contributed by atoms with E-state index in [2.05, 4.69) is 0 Å². The summed E-state index contributed by atoms with van der Waals surface area (Å²) >= 11 is 0. The number of rotatable bonds is 3. The highest BCUT2D eigenvalue weighted by atomic mass is 16.4. The van der Waals surface area contributed by atoms with Crippen molar-refractivity contribution in [3.05, 3.63) is 0 Å². The Bertz CT molecular complexity index is 194. The first-order chi connectivity index (χ1) is 5.61. The molecular weight excluding hydrogens is 166 g/mol. The molecule has 0 aromatic rings. The number of carbonyl (C=O) groups is 1. The highest BCUT2D eigenvalue weighted by Gasteiger charge is 2.45. The van der Waals surface area contributed by atoms with Crippen LogP contribution in [0.15, 0.2) is 0 Å². The molecule has 3 heteroatoms. The molecule has 0 aliphatic rings. The van der Waals surface area contributed by atoms with Gasteiger partial charge in [-0.15, -0.1) is 0 Å². The SMILES string of the molecule is CC(C)CC(N)(C(=O)O)C(C)(C)C. The summed E-state index contributed by atoms with van der Waals surface area (Å²) in [4.78, 5) is 11.1. The van der Waals surface area contributed by atoms with Crippen LogP contribution >= 0.6 is 0 Å². The van der Waals surface area contributed by atoms with Gasteiger partial charge in [-0.2, -0.15) is 0 Å². The summed E-state index contributed by atoms with van der Waals surface area (Å²) in [6.07, 6.45) is 0.506. The van der Waals surface area contributed by atoms with Crippen molar-refractivity contribution in [2.45, 2.75) is 46.6 Å². The number of nitrogens with two attached hydrogens (primary N) is 1. The zero-order chi connectivity index (χ0) is 10.9. The van der Waals surface area contributed by atoms with Gasteiger partial charge in [-0.1, -0.05) is 34.6 Å².